The number of benzene rings is 2. The number of carbonyl (C=O) groups excluding carboxylic acids is 1. The zero-order valence-electron chi connectivity index (χ0n) is 16.6. The Balaban J connectivity index is 1.49. The maximum Gasteiger partial charge on any atom is 0.298 e. The Kier molecular flexibility index (Phi) is 5.55. The monoisotopic (exact) mass is 449 g/mol. The summed E-state index contributed by atoms with van der Waals surface area (Å²) in [6.45, 7) is 2.91. The normalized spacial score (nSPS) is 17.1. The summed E-state index contributed by atoms with van der Waals surface area (Å²) in [6, 6.07) is 9.63. The maximum atomic E-state index is 13.4. The molecule has 2 aromatic carbocycles. The molecule has 1 aliphatic heterocycles. The molecule has 0 saturated carbocycles. The highest BCUT2D eigenvalue weighted by atomic mass is 35.5. The lowest BCUT2D eigenvalue weighted by molar-refractivity contribution is 0.100. The number of aromatic nitrogens is 1. The van der Waals surface area contributed by atoms with Crippen LogP contribution in [0.25, 0.3) is 11.1 Å². The van der Waals surface area contributed by atoms with Crippen molar-refractivity contribution in [2.75, 3.05) is 24.2 Å². The molecular weight excluding hydrogens is 429 g/mol. The Hall–Kier alpha value is -2.45. The average Bonchev–Trinajstić information content (AvgIpc) is 3.12. The highest BCUT2D eigenvalue weighted by Crippen LogP contribution is 2.27. The Morgan fingerprint density at radius 1 is 1.27 bits per heavy atom. The number of fused-ring (bicyclic) bond motifs is 1. The van der Waals surface area contributed by atoms with E-state index in [0.29, 0.717) is 53.6 Å². The molecule has 3 aromatic rings. The lowest BCUT2D eigenvalue weighted by Gasteiger charge is -2.31. The second-order valence-electron chi connectivity index (χ2n) is 7.51. The molecule has 1 atom stereocenters. The molecule has 1 fully saturated rings. The molecule has 1 saturated heterocycles. The molecule has 1 aliphatic rings. The Bertz CT molecular complexity index is 1240. The molecule has 0 N–H and O–H groups in total. The van der Waals surface area contributed by atoms with E-state index in [-0.39, 0.29) is 11.1 Å². The summed E-state index contributed by atoms with van der Waals surface area (Å²) in [5.41, 5.74) is 2.09. The molecule has 1 unspecified atom stereocenters. The summed E-state index contributed by atoms with van der Waals surface area (Å²) >= 11 is 5.99. The zero-order valence-corrected chi connectivity index (χ0v) is 18.2. The average molecular weight is 450 g/mol. The van der Waals surface area contributed by atoms with Gasteiger partial charge in [-0.2, -0.15) is 9.35 Å². The fraction of sp³-hybridized carbons (Fsp3) is 0.333. The van der Waals surface area contributed by atoms with Gasteiger partial charge in [-0.05, 0) is 49.6 Å². The molecule has 0 spiro atoms. The largest absolute Gasteiger partial charge is 0.423 e. The first-order valence-electron chi connectivity index (χ1n) is 9.55. The Morgan fingerprint density at radius 2 is 2.00 bits per heavy atom. The van der Waals surface area contributed by atoms with Gasteiger partial charge in [0.25, 0.3) is 11.9 Å². The number of halogens is 2. The van der Waals surface area contributed by atoms with Gasteiger partial charge < -0.3 is 9.32 Å². The molecule has 30 heavy (non-hydrogen) atoms. The minimum absolute atomic E-state index is 0.223. The molecule has 0 bridgehead atoms. The second-order valence-corrected chi connectivity index (χ2v) is 10.5. The number of anilines is 1. The molecule has 158 valence electrons. The van der Waals surface area contributed by atoms with Crippen LogP contribution in [0.1, 0.15) is 28.8 Å². The lowest BCUT2D eigenvalue weighted by atomic mass is 10.1. The van der Waals surface area contributed by atoms with Gasteiger partial charge in [-0.25, -0.2) is 8.60 Å². The number of rotatable bonds is 3. The summed E-state index contributed by atoms with van der Waals surface area (Å²) in [4.78, 5) is 19.0. The number of oxazole rings is 1. The number of amides is 1. The van der Waals surface area contributed by atoms with Gasteiger partial charge in [0.05, 0.1) is 9.73 Å². The summed E-state index contributed by atoms with van der Waals surface area (Å²) in [6.07, 6.45) is 2.69. The lowest BCUT2D eigenvalue weighted by Crippen LogP contribution is -2.39. The summed E-state index contributed by atoms with van der Waals surface area (Å²) < 4.78 is 36.3. The first kappa shape index (κ1) is 20.8. The van der Waals surface area contributed by atoms with Crippen molar-refractivity contribution in [3.63, 3.8) is 0 Å². The summed E-state index contributed by atoms with van der Waals surface area (Å²) in [5.74, 6) is -0.887. The van der Waals surface area contributed by atoms with Crippen LogP contribution in [0.15, 0.2) is 45.2 Å². The SMILES string of the molecule is Cc1ccc(Cl)cc1C(=O)N=S(C)(=O)C1CCN(c2nc3ccc(F)cc3o2)CC1. The van der Waals surface area contributed by atoms with Gasteiger partial charge in [-0.15, -0.1) is 0 Å². The van der Waals surface area contributed by atoms with Gasteiger partial charge in [0.2, 0.25) is 0 Å². The van der Waals surface area contributed by atoms with Crippen molar-refractivity contribution >= 4 is 44.4 Å². The third-order valence-electron chi connectivity index (χ3n) is 5.36. The summed E-state index contributed by atoms with van der Waals surface area (Å²) in [5, 5.41) is 0.215. The van der Waals surface area contributed by atoms with Crippen molar-refractivity contribution in [2.45, 2.75) is 25.0 Å². The van der Waals surface area contributed by atoms with Crippen molar-refractivity contribution in [3.05, 3.63) is 58.4 Å². The fourth-order valence-electron chi connectivity index (χ4n) is 3.62. The predicted octanol–water partition coefficient (Wildman–Crippen LogP) is 4.84. The van der Waals surface area contributed by atoms with Crippen molar-refractivity contribution in [2.24, 2.45) is 4.36 Å². The number of hydrogen-bond donors (Lipinski definition) is 0. The van der Waals surface area contributed by atoms with E-state index in [9.17, 15) is 13.4 Å². The first-order chi connectivity index (χ1) is 14.2. The van der Waals surface area contributed by atoms with E-state index in [0.717, 1.165) is 5.56 Å². The number of aryl methyl sites for hydroxylation is 1. The van der Waals surface area contributed by atoms with Crippen molar-refractivity contribution in [3.8, 4) is 0 Å². The van der Waals surface area contributed by atoms with E-state index in [1.165, 1.54) is 18.4 Å². The van der Waals surface area contributed by atoms with Gasteiger partial charge in [0, 0.05) is 41.2 Å². The predicted molar refractivity (Wildman–Crippen MR) is 116 cm³/mol. The van der Waals surface area contributed by atoms with Crippen LogP contribution in [0, 0.1) is 12.7 Å². The number of carbonyl (C=O) groups is 1. The van der Waals surface area contributed by atoms with Crippen LogP contribution >= 0.6 is 11.6 Å². The third-order valence-corrected chi connectivity index (χ3v) is 7.84. The van der Waals surface area contributed by atoms with Gasteiger partial charge in [0.1, 0.15) is 11.3 Å². The molecule has 0 aliphatic carbocycles. The molecule has 0 radical (unpaired) electrons. The van der Waals surface area contributed by atoms with Gasteiger partial charge >= 0.3 is 0 Å². The van der Waals surface area contributed by atoms with E-state index in [1.54, 1.807) is 31.2 Å². The van der Waals surface area contributed by atoms with E-state index in [1.807, 2.05) is 4.90 Å². The highest BCUT2D eigenvalue weighted by Gasteiger charge is 2.29. The van der Waals surface area contributed by atoms with Crippen LogP contribution in [0.3, 0.4) is 0 Å². The maximum absolute atomic E-state index is 13.4. The topological polar surface area (TPSA) is 75.8 Å². The quantitative estimate of drug-likeness (QED) is 0.572. The minimum atomic E-state index is -2.74. The smallest absolute Gasteiger partial charge is 0.298 e. The second kappa shape index (κ2) is 8.00. The van der Waals surface area contributed by atoms with E-state index < -0.39 is 15.6 Å². The number of hydrogen-bond acceptors (Lipinski definition) is 5. The Labute approximate surface area is 179 Å². The number of piperidine rings is 1. The van der Waals surface area contributed by atoms with Crippen molar-refractivity contribution in [1.29, 1.82) is 0 Å². The standard InChI is InChI=1S/C21H21ClFN3O3S/c1-13-3-4-14(22)11-17(13)20(27)25-30(2,28)16-7-9-26(10-8-16)21-24-18-6-5-15(23)12-19(18)29-21/h3-6,11-12,16H,7-10H2,1-2H3. The van der Waals surface area contributed by atoms with E-state index >= 15 is 0 Å². The fourth-order valence-corrected chi connectivity index (χ4v) is 5.45. The van der Waals surface area contributed by atoms with Crippen LogP contribution in [0.4, 0.5) is 10.4 Å². The van der Waals surface area contributed by atoms with Crippen molar-refractivity contribution in [1.82, 2.24) is 4.98 Å². The highest BCUT2D eigenvalue weighted by molar-refractivity contribution is 7.93. The van der Waals surface area contributed by atoms with Gasteiger partial charge in [-0.1, -0.05) is 17.7 Å². The van der Waals surface area contributed by atoms with Crippen LogP contribution in [0.5, 0.6) is 0 Å². The molecule has 1 amide bonds. The van der Waals surface area contributed by atoms with E-state index in [2.05, 4.69) is 9.35 Å². The van der Waals surface area contributed by atoms with Crippen LogP contribution in [0.2, 0.25) is 5.02 Å². The van der Waals surface area contributed by atoms with Gasteiger partial charge in [-0.3, -0.25) is 4.79 Å². The molecule has 6 nitrogen and oxygen atoms in total. The molecular formula is C21H21ClFN3O3S. The molecule has 4 rings (SSSR count). The molecule has 9 heteroatoms. The Morgan fingerprint density at radius 3 is 2.73 bits per heavy atom. The third kappa shape index (κ3) is 4.20. The number of nitrogens with zero attached hydrogens (tertiary/aromatic N) is 3. The van der Waals surface area contributed by atoms with Crippen LogP contribution in [-0.2, 0) is 9.73 Å². The van der Waals surface area contributed by atoms with Gasteiger partial charge in [0.15, 0.2) is 5.58 Å². The first-order valence-corrected chi connectivity index (χ1v) is 11.9. The minimum Gasteiger partial charge on any atom is -0.423 e. The van der Waals surface area contributed by atoms with Crippen LogP contribution in [-0.4, -0.2) is 39.7 Å². The van der Waals surface area contributed by atoms with Crippen molar-refractivity contribution < 1.29 is 17.8 Å². The van der Waals surface area contributed by atoms with E-state index in [4.69, 9.17) is 16.0 Å². The summed E-state index contributed by atoms with van der Waals surface area (Å²) in [7, 11) is -2.74. The zero-order chi connectivity index (χ0) is 21.5. The van der Waals surface area contributed by atoms with Crippen LogP contribution < -0.4 is 4.90 Å². The molecule has 2 heterocycles. The molecule has 1 aromatic heterocycles.